The molecule has 3 rings (SSSR count). The highest BCUT2D eigenvalue weighted by Crippen LogP contribution is 2.33. The molecule has 2 aromatic rings. The summed E-state index contributed by atoms with van der Waals surface area (Å²) in [6, 6.07) is 7.07. The molecule has 1 saturated carbocycles. The second-order valence-corrected chi connectivity index (χ2v) is 7.53. The van der Waals surface area contributed by atoms with E-state index in [-0.39, 0.29) is 17.8 Å². The molecule has 0 aliphatic heterocycles. The van der Waals surface area contributed by atoms with Crippen LogP contribution in [0.25, 0.3) is 11.4 Å². The molecule has 0 saturated heterocycles. The summed E-state index contributed by atoms with van der Waals surface area (Å²) in [5.41, 5.74) is 0.868. The van der Waals surface area contributed by atoms with E-state index in [0.29, 0.717) is 12.1 Å². The van der Waals surface area contributed by atoms with Gasteiger partial charge in [-0.1, -0.05) is 50.2 Å². The lowest BCUT2D eigenvalue weighted by atomic mass is 9.94. The molecular weight excluding hydrogens is 347 g/mol. The van der Waals surface area contributed by atoms with Crippen LogP contribution in [0.1, 0.15) is 45.1 Å². The van der Waals surface area contributed by atoms with E-state index >= 15 is 0 Å². The van der Waals surface area contributed by atoms with Crippen LogP contribution in [0.5, 0.6) is 0 Å². The summed E-state index contributed by atoms with van der Waals surface area (Å²) in [7, 11) is 0. The van der Waals surface area contributed by atoms with Gasteiger partial charge in [0.25, 0.3) is 0 Å². The second kappa shape index (κ2) is 6.41. The summed E-state index contributed by atoms with van der Waals surface area (Å²) in [6.45, 7) is 6.15. The topological polar surface area (TPSA) is 59.2 Å². The van der Waals surface area contributed by atoms with Crippen LogP contribution in [0.3, 0.4) is 0 Å². The van der Waals surface area contributed by atoms with Gasteiger partial charge in [0.1, 0.15) is 0 Å². The number of nitrogens with zero attached hydrogens (tertiary/aromatic N) is 3. The number of alkyl halides is 3. The molecule has 5 nitrogen and oxygen atoms in total. The highest BCUT2D eigenvalue weighted by molar-refractivity contribution is 5.82. The number of hydrogen-bond donors (Lipinski definition) is 0. The maximum Gasteiger partial charge on any atom is 0.471 e. The zero-order valence-corrected chi connectivity index (χ0v) is 14.8. The van der Waals surface area contributed by atoms with Crippen LogP contribution in [-0.2, 0) is 17.5 Å². The van der Waals surface area contributed by atoms with Gasteiger partial charge in [-0.25, -0.2) is 0 Å². The molecule has 0 N–H and O–H groups in total. The monoisotopic (exact) mass is 367 g/mol. The fourth-order valence-electron chi connectivity index (χ4n) is 2.60. The van der Waals surface area contributed by atoms with E-state index in [1.165, 1.54) is 0 Å². The van der Waals surface area contributed by atoms with Gasteiger partial charge in [-0.15, -0.1) is 0 Å². The summed E-state index contributed by atoms with van der Waals surface area (Å²) < 4.78 is 41.9. The van der Waals surface area contributed by atoms with Crippen LogP contribution in [0.15, 0.2) is 28.8 Å². The van der Waals surface area contributed by atoms with Crippen molar-refractivity contribution in [3.63, 3.8) is 0 Å². The summed E-state index contributed by atoms with van der Waals surface area (Å²) >= 11 is 0. The van der Waals surface area contributed by atoms with E-state index in [4.69, 9.17) is 0 Å². The molecule has 140 valence electrons. The fraction of sp³-hybridized carbons (Fsp3) is 0.500. The van der Waals surface area contributed by atoms with Crippen molar-refractivity contribution >= 4 is 5.91 Å². The number of hydrogen-bond acceptors (Lipinski definition) is 4. The number of aromatic nitrogens is 2. The Morgan fingerprint density at radius 2 is 1.81 bits per heavy atom. The zero-order valence-electron chi connectivity index (χ0n) is 14.8. The number of rotatable bonds is 4. The number of carbonyl (C=O) groups is 1. The molecule has 0 spiro atoms. The molecule has 8 heteroatoms. The lowest BCUT2D eigenvalue weighted by Crippen LogP contribution is -2.40. The first-order valence-electron chi connectivity index (χ1n) is 8.37. The predicted octanol–water partition coefficient (Wildman–Crippen LogP) is 4.29. The average Bonchev–Trinajstić information content (AvgIpc) is 3.25. The molecule has 1 amide bonds. The molecule has 1 aromatic heterocycles. The van der Waals surface area contributed by atoms with Gasteiger partial charge in [0.2, 0.25) is 11.7 Å². The van der Waals surface area contributed by atoms with Gasteiger partial charge in [0.05, 0.1) is 0 Å². The van der Waals surface area contributed by atoms with E-state index in [2.05, 4.69) is 14.7 Å². The third-order valence-electron chi connectivity index (χ3n) is 4.12. The number of halogens is 3. The van der Waals surface area contributed by atoms with E-state index in [1.807, 2.05) is 25.7 Å². The zero-order chi connectivity index (χ0) is 19.1. The Morgan fingerprint density at radius 3 is 2.27 bits per heavy atom. The van der Waals surface area contributed by atoms with Crippen LogP contribution in [0.4, 0.5) is 13.2 Å². The third-order valence-corrected chi connectivity index (χ3v) is 4.12. The molecule has 1 fully saturated rings. The Morgan fingerprint density at radius 1 is 1.19 bits per heavy atom. The maximum atomic E-state index is 12.6. The minimum Gasteiger partial charge on any atom is -0.335 e. The average molecular weight is 367 g/mol. The lowest BCUT2D eigenvalue weighted by molar-refractivity contribution is -0.159. The molecule has 1 aliphatic carbocycles. The Labute approximate surface area is 149 Å². The van der Waals surface area contributed by atoms with Crippen molar-refractivity contribution in [2.24, 2.45) is 5.41 Å². The predicted molar refractivity (Wildman–Crippen MR) is 87.8 cm³/mol. The highest BCUT2D eigenvalue weighted by Gasteiger charge is 2.39. The summed E-state index contributed by atoms with van der Waals surface area (Å²) in [5.74, 6) is -1.39. The lowest BCUT2D eigenvalue weighted by Gasteiger charge is -2.29. The largest absolute Gasteiger partial charge is 0.471 e. The smallest absolute Gasteiger partial charge is 0.335 e. The normalized spacial score (nSPS) is 15.2. The summed E-state index contributed by atoms with van der Waals surface area (Å²) in [6.07, 6.45) is -2.66. The first kappa shape index (κ1) is 18.4. The first-order chi connectivity index (χ1) is 12.1. The second-order valence-electron chi connectivity index (χ2n) is 7.53. The van der Waals surface area contributed by atoms with Crippen molar-refractivity contribution in [3.05, 3.63) is 35.7 Å². The van der Waals surface area contributed by atoms with Crippen LogP contribution < -0.4 is 0 Å². The molecule has 1 aliphatic rings. The fourth-order valence-corrected chi connectivity index (χ4v) is 2.60. The van der Waals surface area contributed by atoms with Crippen LogP contribution in [0.2, 0.25) is 0 Å². The summed E-state index contributed by atoms with van der Waals surface area (Å²) in [4.78, 5) is 17.9. The van der Waals surface area contributed by atoms with Crippen molar-refractivity contribution < 1.29 is 22.5 Å². The summed E-state index contributed by atoms with van der Waals surface area (Å²) in [5, 5.41) is 3.37. The molecule has 1 aromatic carbocycles. The van der Waals surface area contributed by atoms with Crippen molar-refractivity contribution in [3.8, 4) is 11.4 Å². The van der Waals surface area contributed by atoms with Crippen molar-refractivity contribution in [1.29, 1.82) is 0 Å². The number of carbonyl (C=O) groups excluding carboxylic acids is 1. The third kappa shape index (κ3) is 4.05. The van der Waals surface area contributed by atoms with Crippen LogP contribution in [0, 0.1) is 5.41 Å². The molecule has 0 bridgehead atoms. The van der Waals surface area contributed by atoms with Gasteiger partial charge in [-0.05, 0) is 18.4 Å². The molecule has 0 unspecified atom stereocenters. The van der Waals surface area contributed by atoms with Crippen LogP contribution >= 0.6 is 0 Å². The van der Waals surface area contributed by atoms with Gasteiger partial charge < -0.3 is 9.42 Å². The van der Waals surface area contributed by atoms with Crippen molar-refractivity contribution in [2.75, 3.05) is 0 Å². The molecule has 0 atom stereocenters. The van der Waals surface area contributed by atoms with Gasteiger partial charge in [-0.3, -0.25) is 4.79 Å². The van der Waals surface area contributed by atoms with E-state index in [9.17, 15) is 18.0 Å². The molecule has 26 heavy (non-hydrogen) atoms. The van der Waals surface area contributed by atoms with E-state index < -0.39 is 17.5 Å². The quantitative estimate of drug-likeness (QED) is 0.809. The van der Waals surface area contributed by atoms with Crippen LogP contribution in [-0.4, -0.2) is 27.0 Å². The number of amides is 1. The SMILES string of the molecule is CC(C)(C)C(=O)N(Cc1ccc(-c2noc(C(F)(F)F)n2)cc1)C1CC1. The molecule has 1 heterocycles. The Kier molecular flexibility index (Phi) is 4.54. The number of benzene rings is 1. The van der Waals surface area contributed by atoms with Gasteiger partial charge >= 0.3 is 12.1 Å². The minimum atomic E-state index is -4.66. The van der Waals surface area contributed by atoms with E-state index in [1.54, 1.807) is 24.3 Å². The minimum absolute atomic E-state index is 0.0945. The van der Waals surface area contributed by atoms with Crippen molar-refractivity contribution in [2.45, 2.75) is 52.4 Å². The highest BCUT2D eigenvalue weighted by atomic mass is 19.4. The van der Waals surface area contributed by atoms with Gasteiger partial charge in [-0.2, -0.15) is 18.2 Å². The van der Waals surface area contributed by atoms with Crippen molar-refractivity contribution in [1.82, 2.24) is 15.0 Å². The van der Waals surface area contributed by atoms with Gasteiger partial charge in [0.15, 0.2) is 0 Å². The standard InChI is InChI=1S/C18H20F3N3O2/c1-17(2,3)16(25)24(13-8-9-13)10-11-4-6-12(7-5-11)14-22-15(26-23-14)18(19,20)21/h4-7,13H,8-10H2,1-3H3. The first-order valence-corrected chi connectivity index (χ1v) is 8.37. The maximum absolute atomic E-state index is 12.6. The Bertz CT molecular complexity index is 787. The molecule has 0 radical (unpaired) electrons. The van der Waals surface area contributed by atoms with E-state index in [0.717, 1.165) is 18.4 Å². The Balaban J connectivity index is 1.75. The Hall–Kier alpha value is -2.38. The molecular formula is C18H20F3N3O2. The van der Waals surface area contributed by atoms with Gasteiger partial charge in [0, 0.05) is 23.6 Å².